The van der Waals surface area contributed by atoms with Gasteiger partial charge in [0.25, 0.3) is 0 Å². The van der Waals surface area contributed by atoms with Gasteiger partial charge in [0.05, 0.1) is 4.88 Å². The van der Waals surface area contributed by atoms with E-state index < -0.39 is 0 Å². The molecule has 0 spiro atoms. The molecule has 0 bridgehead atoms. The minimum Gasteiger partial charge on any atom is -0.372 e. The van der Waals surface area contributed by atoms with E-state index in [0.29, 0.717) is 11.5 Å². The second-order valence-corrected chi connectivity index (χ2v) is 3.41. The maximum absolute atomic E-state index is 10.3. The summed E-state index contributed by atoms with van der Waals surface area (Å²) in [5, 5.41) is 0.860. The number of aldehydes is 1. The van der Waals surface area contributed by atoms with Gasteiger partial charge in [-0.05, 0) is 13.8 Å². The largest absolute Gasteiger partial charge is 0.372 e. The Bertz CT molecular complexity index is 259. The summed E-state index contributed by atoms with van der Waals surface area (Å²) in [5.41, 5.74) is 0. The zero-order chi connectivity index (χ0) is 8.97. The number of hydrogen-bond donors (Lipinski definition) is 0. The Kier molecular flexibility index (Phi) is 3.37. The van der Waals surface area contributed by atoms with Gasteiger partial charge in [0.15, 0.2) is 6.29 Å². The molecule has 12 heavy (non-hydrogen) atoms. The first kappa shape index (κ1) is 9.35. The van der Waals surface area contributed by atoms with Crippen molar-refractivity contribution in [2.24, 2.45) is 0 Å². The van der Waals surface area contributed by atoms with Crippen LogP contribution in [0.25, 0.3) is 0 Å². The number of thiazole rings is 1. The minimum absolute atomic E-state index is 0.00583. The fraction of sp³-hybridized carbons (Fsp3) is 0.500. The predicted molar refractivity (Wildman–Crippen MR) is 47.5 cm³/mol. The van der Waals surface area contributed by atoms with Gasteiger partial charge in [-0.25, -0.2) is 4.98 Å². The summed E-state index contributed by atoms with van der Waals surface area (Å²) in [7, 11) is 0. The summed E-state index contributed by atoms with van der Waals surface area (Å²) < 4.78 is 5.32. The monoisotopic (exact) mass is 185 g/mol. The third-order valence-corrected chi connectivity index (χ3v) is 2.51. The number of hydrogen-bond acceptors (Lipinski definition) is 4. The zero-order valence-electron chi connectivity index (χ0n) is 7.11. The van der Waals surface area contributed by atoms with Crippen LogP contribution in [-0.4, -0.2) is 17.9 Å². The number of carbonyl (C=O) groups is 1. The number of ether oxygens (including phenoxy) is 1. The molecule has 0 aliphatic heterocycles. The third-order valence-electron chi connectivity index (χ3n) is 1.42. The number of aromatic nitrogens is 1. The van der Waals surface area contributed by atoms with E-state index >= 15 is 0 Å². The smallest absolute Gasteiger partial charge is 0.161 e. The molecule has 0 fully saturated rings. The summed E-state index contributed by atoms with van der Waals surface area (Å²) in [4.78, 5) is 15.0. The van der Waals surface area contributed by atoms with Crippen LogP contribution in [0.1, 0.15) is 34.6 Å². The molecular weight excluding hydrogens is 174 g/mol. The summed E-state index contributed by atoms with van der Waals surface area (Å²) >= 11 is 1.38. The van der Waals surface area contributed by atoms with Gasteiger partial charge >= 0.3 is 0 Å². The summed E-state index contributed by atoms with van der Waals surface area (Å²) in [6.45, 7) is 4.53. The van der Waals surface area contributed by atoms with Gasteiger partial charge in [-0.3, -0.25) is 4.79 Å². The first-order valence-electron chi connectivity index (χ1n) is 3.80. The lowest BCUT2D eigenvalue weighted by Gasteiger charge is -2.06. The van der Waals surface area contributed by atoms with Crippen LogP contribution in [0, 0.1) is 0 Å². The zero-order valence-corrected chi connectivity index (χ0v) is 7.93. The van der Waals surface area contributed by atoms with Gasteiger partial charge in [0.1, 0.15) is 11.1 Å². The molecule has 1 heterocycles. The van der Waals surface area contributed by atoms with Crippen LogP contribution in [0.5, 0.6) is 0 Å². The molecule has 0 aliphatic carbocycles. The molecule has 3 nitrogen and oxygen atoms in total. The van der Waals surface area contributed by atoms with Crippen LogP contribution < -0.4 is 0 Å². The van der Waals surface area contributed by atoms with Crippen LogP contribution in [0.2, 0.25) is 0 Å². The van der Waals surface area contributed by atoms with Crippen molar-refractivity contribution < 1.29 is 9.53 Å². The number of nitrogens with zero attached hydrogens (tertiary/aromatic N) is 1. The van der Waals surface area contributed by atoms with E-state index in [-0.39, 0.29) is 6.10 Å². The Morgan fingerprint density at radius 2 is 2.58 bits per heavy atom. The average Bonchev–Trinajstić information content (AvgIpc) is 2.52. The average molecular weight is 185 g/mol. The molecule has 1 unspecified atom stereocenters. The van der Waals surface area contributed by atoms with Crippen molar-refractivity contribution >= 4 is 17.6 Å². The van der Waals surface area contributed by atoms with E-state index in [9.17, 15) is 4.79 Å². The van der Waals surface area contributed by atoms with Gasteiger partial charge in [0, 0.05) is 12.8 Å². The van der Waals surface area contributed by atoms with Crippen LogP contribution in [-0.2, 0) is 4.74 Å². The van der Waals surface area contributed by atoms with E-state index in [4.69, 9.17) is 4.74 Å². The van der Waals surface area contributed by atoms with Gasteiger partial charge in [-0.2, -0.15) is 0 Å². The first-order chi connectivity index (χ1) is 5.77. The van der Waals surface area contributed by atoms with Gasteiger partial charge in [-0.15, -0.1) is 11.3 Å². The van der Waals surface area contributed by atoms with E-state index in [1.165, 1.54) is 11.3 Å². The molecule has 0 N–H and O–H groups in total. The van der Waals surface area contributed by atoms with Gasteiger partial charge < -0.3 is 4.74 Å². The molecular formula is C8H11NO2S. The molecule has 66 valence electrons. The van der Waals surface area contributed by atoms with Crippen LogP contribution in [0.15, 0.2) is 6.20 Å². The number of rotatable bonds is 4. The van der Waals surface area contributed by atoms with Crippen LogP contribution >= 0.6 is 11.3 Å². The molecule has 0 saturated carbocycles. The lowest BCUT2D eigenvalue weighted by atomic mass is 10.4. The second kappa shape index (κ2) is 4.33. The maximum atomic E-state index is 10.3. The Hall–Kier alpha value is -0.740. The topological polar surface area (TPSA) is 39.2 Å². The number of carbonyl (C=O) groups excluding carboxylic acids is 1. The Labute approximate surface area is 75.4 Å². The Balaban J connectivity index is 2.67. The molecule has 0 aromatic carbocycles. The molecule has 0 radical (unpaired) electrons. The lowest BCUT2D eigenvalue weighted by molar-refractivity contribution is 0.0762. The lowest BCUT2D eigenvalue weighted by Crippen LogP contribution is -1.97. The summed E-state index contributed by atoms with van der Waals surface area (Å²) in [6.07, 6.45) is 2.37. The fourth-order valence-electron chi connectivity index (χ4n) is 0.864. The molecule has 1 aromatic rings. The van der Waals surface area contributed by atoms with Crippen molar-refractivity contribution in [3.63, 3.8) is 0 Å². The predicted octanol–water partition coefficient (Wildman–Crippen LogP) is 2.05. The molecule has 1 rings (SSSR count). The fourth-order valence-corrected chi connectivity index (χ4v) is 1.60. The highest BCUT2D eigenvalue weighted by molar-refractivity contribution is 7.13. The molecule has 0 amide bonds. The van der Waals surface area contributed by atoms with Crippen molar-refractivity contribution in [2.75, 3.05) is 6.61 Å². The van der Waals surface area contributed by atoms with Crippen molar-refractivity contribution in [3.05, 3.63) is 16.1 Å². The molecule has 4 heteroatoms. The Morgan fingerprint density at radius 3 is 3.08 bits per heavy atom. The van der Waals surface area contributed by atoms with E-state index in [2.05, 4.69) is 4.98 Å². The standard InChI is InChI=1S/C8H11NO2S/c1-3-11-6(2)8-9-4-7(5-10)12-8/h4-6H,3H2,1-2H3. The molecule has 0 saturated heterocycles. The molecule has 1 atom stereocenters. The highest BCUT2D eigenvalue weighted by atomic mass is 32.1. The Morgan fingerprint density at radius 1 is 1.83 bits per heavy atom. The summed E-state index contributed by atoms with van der Waals surface area (Å²) in [5.74, 6) is 0. The van der Waals surface area contributed by atoms with Crippen LogP contribution in [0.4, 0.5) is 0 Å². The summed E-state index contributed by atoms with van der Waals surface area (Å²) in [6, 6.07) is 0. The van der Waals surface area contributed by atoms with E-state index in [1.807, 2.05) is 13.8 Å². The van der Waals surface area contributed by atoms with Gasteiger partial charge in [-0.1, -0.05) is 0 Å². The van der Waals surface area contributed by atoms with Crippen molar-refractivity contribution in [1.82, 2.24) is 4.98 Å². The van der Waals surface area contributed by atoms with Crippen molar-refractivity contribution in [1.29, 1.82) is 0 Å². The normalized spacial score (nSPS) is 12.8. The highest BCUT2D eigenvalue weighted by Gasteiger charge is 2.09. The SMILES string of the molecule is CCOC(C)c1ncc(C=O)s1. The van der Waals surface area contributed by atoms with Gasteiger partial charge in [0.2, 0.25) is 0 Å². The van der Waals surface area contributed by atoms with E-state index in [1.54, 1.807) is 6.20 Å². The maximum Gasteiger partial charge on any atom is 0.161 e. The van der Waals surface area contributed by atoms with E-state index in [0.717, 1.165) is 11.3 Å². The quantitative estimate of drug-likeness (QED) is 0.674. The minimum atomic E-state index is -0.00583. The first-order valence-corrected chi connectivity index (χ1v) is 4.62. The van der Waals surface area contributed by atoms with Crippen molar-refractivity contribution in [2.45, 2.75) is 20.0 Å². The van der Waals surface area contributed by atoms with Crippen LogP contribution in [0.3, 0.4) is 0 Å². The highest BCUT2D eigenvalue weighted by Crippen LogP contribution is 2.21. The molecule has 0 aliphatic rings. The molecule has 1 aromatic heterocycles. The second-order valence-electron chi connectivity index (χ2n) is 2.32. The third kappa shape index (κ3) is 2.12. The van der Waals surface area contributed by atoms with Crippen molar-refractivity contribution in [3.8, 4) is 0 Å².